The van der Waals surface area contributed by atoms with Gasteiger partial charge in [-0.1, -0.05) is 6.07 Å². The summed E-state index contributed by atoms with van der Waals surface area (Å²) in [5.41, 5.74) is 1.80. The lowest BCUT2D eigenvalue weighted by Gasteiger charge is -2.26. The topological polar surface area (TPSA) is 106 Å². The molecular formula is C25H27NO7. The molecule has 0 saturated carbocycles. The minimum Gasteiger partial charge on any atom is -0.507 e. The summed E-state index contributed by atoms with van der Waals surface area (Å²) in [6.45, 7) is 4.69. The van der Waals surface area contributed by atoms with Crippen LogP contribution in [0.2, 0.25) is 0 Å². The molecule has 33 heavy (non-hydrogen) atoms. The number of nitrogens with zero attached hydrogens (tertiary/aromatic N) is 1. The fourth-order valence-corrected chi connectivity index (χ4v) is 4.21. The first-order valence-corrected chi connectivity index (χ1v) is 10.8. The maximum absolute atomic E-state index is 13.1. The van der Waals surface area contributed by atoms with Gasteiger partial charge in [0.25, 0.3) is 11.7 Å². The third-order valence-corrected chi connectivity index (χ3v) is 5.80. The third kappa shape index (κ3) is 4.26. The highest BCUT2D eigenvalue weighted by molar-refractivity contribution is 6.46. The number of likely N-dealkylation sites (tertiary alicyclic amines) is 1. The van der Waals surface area contributed by atoms with Crippen LogP contribution in [0.1, 0.15) is 36.6 Å². The van der Waals surface area contributed by atoms with Crippen molar-refractivity contribution in [2.45, 2.75) is 32.4 Å². The molecule has 2 aliphatic rings. The molecule has 0 radical (unpaired) electrons. The summed E-state index contributed by atoms with van der Waals surface area (Å²) in [6.07, 6.45) is 0.659. The molecule has 174 valence electrons. The highest BCUT2D eigenvalue weighted by Gasteiger charge is 2.46. The lowest BCUT2D eigenvalue weighted by molar-refractivity contribution is -0.140. The Labute approximate surface area is 192 Å². The zero-order chi connectivity index (χ0) is 23.7. The van der Waals surface area contributed by atoms with E-state index in [-0.39, 0.29) is 42.1 Å². The van der Waals surface area contributed by atoms with E-state index in [1.54, 1.807) is 30.3 Å². The van der Waals surface area contributed by atoms with Crippen LogP contribution in [0.4, 0.5) is 0 Å². The lowest BCUT2D eigenvalue weighted by Crippen LogP contribution is -2.33. The summed E-state index contributed by atoms with van der Waals surface area (Å²) in [7, 11) is 1.43. The van der Waals surface area contributed by atoms with E-state index in [0.29, 0.717) is 24.2 Å². The van der Waals surface area contributed by atoms with Crippen LogP contribution >= 0.6 is 0 Å². The number of phenols is 1. The minimum absolute atomic E-state index is 0.0343. The molecule has 2 aromatic rings. The summed E-state index contributed by atoms with van der Waals surface area (Å²) < 4.78 is 16.2. The second-order valence-corrected chi connectivity index (χ2v) is 8.26. The maximum atomic E-state index is 13.1. The molecule has 8 heteroatoms. The number of fused-ring (bicyclic) bond motifs is 1. The van der Waals surface area contributed by atoms with Gasteiger partial charge in [-0.3, -0.25) is 9.59 Å². The van der Waals surface area contributed by atoms with Crippen LogP contribution in [0.3, 0.4) is 0 Å². The number of aliphatic hydroxyl groups excluding tert-OH is 1. The van der Waals surface area contributed by atoms with Crippen LogP contribution in [0.25, 0.3) is 5.76 Å². The van der Waals surface area contributed by atoms with E-state index in [4.69, 9.17) is 14.2 Å². The molecule has 0 bridgehead atoms. The molecule has 0 aliphatic carbocycles. The van der Waals surface area contributed by atoms with Crippen molar-refractivity contribution < 1.29 is 34.0 Å². The van der Waals surface area contributed by atoms with Crippen LogP contribution in [-0.2, 0) is 20.7 Å². The number of ketones is 1. The number of methoxy groups -OCH3 is 1. The zero-order valence-corrected chi connectivity index (χ0v) is 18.8. The zero-order valence-electron chi connectivity index (χ0n) is 18.8. The Kier molecular flexibility index (Phi) is 6.29. The van der Waals surface area contributed by atoms with Gasteiger partial charge >= 0.3 is 0 Å². The first kappa shape index (κ1) is 22.7. The summed E-state index contributed by atoms with van der Waals surface area (Å²) in [4.78, 5) is 27.4. The van der Waals surface area contributed by atoms with Crippen molar-refractivity contribution in [2.24, 2.45) is 0 Å². The molecule has 1 atom stereocenters. The first-order chi connectivity index (χ1) is 15.8. The van der Waals surface area contributed by atoms with E-state index in [0.717, 1.165) is 11.3 Å². The van der Waals surface area contributed by atoms with Crippen molar-refractivity contribution in [3.8, 4) is 17.2 Å². The van der Waals surface area contributed by atoms with E-state index in [1.807, 2.05) is 13.8 Å². The van der Waals surface area contributed by atoms with E-state index < -0.39 is 17.7 Å². The lowest BCUT2D eigenvalue weighted by atomic mass is 9.94. The van der Waals surface area contributed by atoms with Gasteiger partial charge in [0.2, 0.25) is 0 Å². The molecule has 8 nitrogen and oxygen atoms in total. The average molecular weight is 453 g/mol. The number of ether oxygens (including phenoxy) is 3. The van der Waals surface area contributed by atoms with Crippen molar-refractivity contribution in [2.75, 3.05) is 26.9 Å². The second-order valence-electron chi connectivity index (χ2n) is 8.26. The third-order valence-electron chi connectivity index (χ3n) is 5.80. The van der Waals surface area contributed by atoms with Crippen LogP contribution in [0, 0.1) is 0 Å². The molecule has 2 aliphatic heterocycles. The van der Waals surface area contributed by atoms with Gasteiger partial charge < -0.3 is 29.3 Å². The van der Waals surface area contributed by atoms with Crippen LogP contribution < -0.4 is 9.47 Å². The molecule has 1 saturated heterocycles. The number of benzene rings is 2. The van der Waals surface area contributed by atoms with Gasteiger partial charge in [0.15, 0.2) is 11.5 Å². The predicted molar refractivity (Wildman–Crippen MR) is 120 cm³/mol. The van der Waals surface area contributed by atoms with Crippen LogP contribution in [0.5, 0.6) is 17.2 Å². The summed E-state index contributed by atoms with van der Waals surface area (Å²) in [6, 6.07) is 8.96. The highest BCUT2D eigenvalue weighted by Crippen LogP contribution is 2.42. The van der Waals surface area contributed by atoms with Crippen molar-refractivity contribution >= 4 is 17.4 Å². The number of hydrogen-bond donors (Lipinski definition) is 2. The van der Waals surface area contributed by atoms with Gasteiger partial charge in [-0.15, -0.1) is 0 Å². The number of phenolic OH excluding ortho intramolecular Hbond substituents is 1. The van der Waals surface area contributed by atoms with E-state index in [2.05, 4.69) is 0 Å². The molecule has 0 aromatic heterocycles. The SMILES string of the molecule is COc1ccc(C2/C(=C(/O)c3ccc4c(c3)CCO4)C(=O)C(=O)N2CCOC(C)C)cc1O. The molecule has 1 amide bonds. The number of carbonyl (C=O) groups excluding carboxylic acids is 2. The van der Waals surface area contributed by atoms with Crippen LogP contribution in [0.15, 0.2) is 42.0 Å². The van der Waals surface area contributed by atoms with Crippen molar-refractivity contribution in [1.82, 2.24) is 4.90 Å². The number of Topliss-reactive ketones (excluding diaryl/α,β-unsaturated/α-hetero) is 1. The monoisotopic (exact) mass is 453 g/mol. The number of amides is 1. The summed E-state index contributed by atoms with van der Waals surface area (Å²) >= 11 is 0. The second kappa shape index (κ2) is 9.15. The number of carbonyl (C=O) groups is 2. The summed E-state index contributed by atoms with van der Waals surface area (Å²) in [5.74, 6) is -0.904. The Morgan fingerprint density at radius 3 is 2.70 bits per heavy atom. The van der Waals surface area contributed by atoms with E-state index >= 15 is 0 Å². The van der Waals surface area contributed by atoms with Crippen molar-refractivity contribution in [3.63, 3.8) is 0 Å². The molecular weight excluding hydrogens is 426 g/mol. The van der Waals surface area contributed by atoms with Gasteiger partial charge in [0, 0.05) is 18.5 Å². The Hall–Kier alpha value is -3.52. The van der Waals surface area contributed by atoms with Crippen molar-refractivity contribution in [3.05, 3.63) is 58.7 Å². The smallest absolute Gasteiger partial charge is 0.295 e. The van der Waals surface area contributed by atoms with E-state index in [1.165, 1.54) is 18.1 Å². The predicted octanol–water partition coefficient (Wildman–Crippen LogP) is 3.18. The Morgan fingerprint density at radius 1 is 1.21 bits per heavy atom. The molecule has 2 aromatic carbocycles. The Morgan fingerprint density at radius 2 is 2.00 bits per heavy atom. The number of aliphatic hydroxyl groups is 1. The van der Waals surface area contributed by atoms with E-state index in [9.17, 15) is 19.8 Å². The van der Waals surface area contributed by atoms with Gasteiger partial charge in [0.1, 0.15) is 11.5 Å². The molecule has 1 fully saturated rings. The largest absolute Gasteiger partial charge is 0.507 e. The van der Waals surface area contributed by atoms with Gasteiger partial charge in [-0.05, 0) is 55.3 Å². The highest BCUT2D eigenvalue weighted by atomic mass is 16.5. The van der Waals surface area contributed by atoms with Crippen molar-refractivity contribution in [1.29, 1.82) is 0 Å². The average Bonchev–Trinajstić information content (AvgIpc) is 3.36. The fourth-order valence-electron chi connectivity index (χ4n) is 4.21. The minimum atomic E-state index is -0.887. The Bertz CT molecular complexity index is 1120. The molecule has 4 rings (SSSR count). The number of hydrogen-bond acceptors (Lipinski definition) is 7. The van der Waals surface area contributed by atoms with Gasteiger partial charge in [0.05, 0.1) is 38.0 Å². The quantitative estimate of drug-likeness (QED) is 0.377. The fraction of sp³-hybridized carbons (Fsp3) is 0.360. The standard InChI is InChI=1S/C25H27NO7/c1-14(2)32-11-9-26-22(16-4-7-20(31-3)18(27)13-16)21(24(29)25(26)30)23(28)17-5-6-19-15(12-17)8-10-33-19/h4-7,12-14,22,27-28H,8-11H2,1-3H3/b23-21-. The summed E-state index contributed by atoms with van der Waals surface area (Å²) in [5, 5.41) is 21.5. The van der Waals surface area contributed by atoms with Crippen LogP contribution in [-0.4, -0.2) is 59.8 Å². The number of rotatable bonds is 7. The Balaban J connectivity index is 1.80. The molecule has 2 N–H and O–H groups in total. The van der Waals surface area contributed by atoms with Gasteiger partial charge in [-0.2, -0.15) is 0 Å². The first-order valence-electron chi connectivity index (χ1n) is 10.8. The molecule has 2 heterocycles. The van der Waals surface area contributed by atoms with Gasteiger partial charge in [-0.25, -0.2) is 0 Å². The number of aromatic hydroxyl groups is 1. The molecule has 1 unspecified atom stereocenters. The maximum Gasteiger partial charge on any atom is 0.295 e. The molecule has 0 spiro atoms. The normalized spacial score (nSPS) is 19.2.